The largest absolute Gasteiger partial charge is 0.468 e. The number of rotatable bonds is 9. The van der Waals surface area contributed by atoms with E-state index in [1.54, 1.807) is 0 Å². The lowest BCUT2D eigenvalue weighted by Crippen LogP contribution is -2.57. The topological polar surface area (TPSA) is 122 Å². The highest BCUT2D eigenvalue weighted by atomic mass is 35.5. The van der Waals surface area contributed by atoms with E-state index >= 15 is 0 Å². The smallest absolute Gasteiger partial charge is 0.323 e. The molecule has 2 aliphatic rings. The fourth-order valence-electron chi connectivity index (χ4n) is 6.44. The molecule has 0 spiro atoms. The predicted molar refractivity (Wildman–Crippen MR) is 150 cm³/mol. The average Bonchev–Trinajstić information content (AvgIpc) is 3.03. The number of carbonyl (C=O) groups excluding carboxylic acids is 2. The maximum absolute atomic E-state index is 13.9. The van der Waals surface area contributed by atoms with Gasteiger partial charge in [0.05, 0.1) is 27.9 Å². The van der Waals surface area contributed by atoms with Gasteiger partial charge in [0.25, 0.3) is 5.91 Å². The van der Waals surface area contributed by atoms with Crippen molar-refractivity contribution >= 4 is 39.0 Å². The first-order valence-corrected chi connectivity index (χ1v) is 15.6. The number of hydrogen-bond donors (Lipinski definition) is 3. The van der Waals surface area contributed by atoms with Crippen LogP contribution in [-0.2, 0) is 19.4 Å². The Hall–Kier alpha value is -2.67. The van der Waals surface area contributed by atoms with E-state index in [0.29, 0.717) is 18.6 Å². The van der Waals surface area contributed by atoms with Gasteiger partial charge < -0.3 is 20.5 Å². The molecule has 8 nitrogen and oxygen atoms in total. The highest BCUT2D eigenvalue weighted by Gasteiger charge is 2.58. The molecule has 2 aliphatic carbocycles. The third-order valence-electron chi connectivity index (χ3n) is 8.66. The standard InChI is InChI=1S/C29H34ClF3N2O6S/c1-14(2)26(28(37)41-4)34-13-29(38)17-7-15(3)20(29)12-19(9-17)42(39,40)24-8-16(5-6-21(24)30)27(36)35-18-10-22(31)25(33)23(32)11-18/h5-6,8,10-11,14-15,17,19-20,26,34,38H,7,9,12-13H2,1-4H3,(H,35,36)/t15-,17?,19+,20+,26-,29+/m0/s1. The molecule has 230 valence electrons. The summed E-state index contributed by atoms with van der Waals surface area (Å²) in [4.78, 5) is 24.8. The summed E-state index contributed by atoms with van der Waals surface area (Å²) in [5, 5.41) is 16.2. The Labute approximate surface area is 247 Å². The van der Waals surface area contributed by atoms with E-state index in [2.05, 4.69) is 10.6 Å². The lowest BCUT2D eigenvalue weighted by atomic mass is 9.73. The van der Waals surface area contributed by atoms with E-state index in [4.69, 9.17) is 16.3 Å². The van der Waals surface area contributed by atoms with Crippen LogP contribution in [0.15, 0.2) is 35.2 Å². The Morgan fingerprint density at radius 3 is 2.33 bits per heavy atom. The van der Waals surface area contributed by atoms with E-state index in [0.717, 1.165) is 6.07 Å². The zero-order chi connectivity index (χ0) is 31.1. The number of benzene rings is 2. The minimum absolute atomic E-state index is 0.0155. The second-order valence-corrected chi connectivity index (χ2v) is 14.2. The van der Waals surface area contributed by atoms with Crippen molar-refractivity contribution in [3.05, 3.63) is 58.4 Å². The Bertz CT molecular complexity index is 1470. The number of sulfone groups is 1. The summed E-state index contributed by atoms with van der Waals surface area (Å²) in [6.45, 7) is 5.77. The number of hydrogen-bond acceptors (Lipinski definition) is 7. The number of esters is 1. The maximum Gasteiger partial charge on any atom is 0.323 e. The lowest BCUT2D eigenvalue weighted by Gasteiger charge is -2.44. The number of amides is 1. The van der Waals surface area contributed by atoms with Gasteiger partial charge in [-0.25, -0.2) is 21.6 Å². The number of nitrogens with one attached hydrogen (secondary N) is 2. The minimum atomic E-state index is -4.09. The molecular formula is C29H34ClF3N2O6S. The molecule has 2 aromatic carbocycles. The second-order valence-electron chi connectivity index (χ2n) is 11.6. The van der Waals surface area contributed by atoms with Crippen molar-refractivity contribution in [1.82, 2.24) is 5.32 Å². The lowest BCUT2D eigenvalue weighted by molar-refractivity contribution is -0.145. The molecule has 0 heterocycles. The second kappa shape index (κ2) is 12.1. The Balaban J connectivity index is 1.55. The van der Waals surface area contributed by atoms with Crippen molar-refractivity contribution in [2.75, 3.05) is 19.0 Å². The van der Waals surface area contributed by atoms with Gasteiger partial charge in [-0.3, -0.25) is 9.59 Å². The van der Waals surface area contributed by atoms with Crippen LogP contribution in [0.1, 0.15) is 50.4 Å². The van der Waals surface area contributed by atoms with E-state index in [1.165, 1.54) is 19.2 Å². The zero-order valence-corrected chi connectivity index (χ0v) is 25.2. The summed E-state index contributed by atoms with van der Waals surface area (Å²) in [5.41, 5.74) is -1.73. The van der Waals surface area contributed by atoms with Crippen molar-refractivity contribution in [3.63, 3.8) is 0 Å². The van der Waals surface area contributed by atoms with E-state index in [9.17, 15) is 36.3 Å². The molecule has 13 heteroatoms. The van der Waals surface area contributed by atoms with Crippen molar-refractivity contribution in [2.24, 2.45) is 23.7 Å². The number of ether oxygens (including phenoxy) is 1. The monoisotopic (exact) mass is 630 g/mol. The van der Waals surface area contributed by atoms with Gasteiger partial charge in [-0.2, -0.15) is 0 Å². The molecule has 42 heavy (non-hydrogen) atoms. The molecule has 2 fully saturated rings. The molecule has 0 radical (unpaired) electrons. The van der Waals surface area contributed by atoms with Crippen molar-refractivity contribution in [3.8, 4) is 0 Å². The van der Waals surface area contributed by atoms with Gasteiger partial charge in [0.2, 0.25) is 0 Å². The number of halogens is 4. The fraction of sp³-hybridized carbons (Fsp3) is 0.517. The molecule has 1 amide bonds. The molecule has 2 aromatic rings. The summed E-state index contributed by atoms with van der Waals surface area (Å²) in [6, 6.07) is 4.18. The zero-order valence-electron chi connectivity index (χ0n) is 23.6. The molecule has 4 rings (SSSR count). The van der Waals surface area contributed by atoms with Crippen LogP contribution in [0.3, 0.4) is 0 Å². The van der Waals surface area contributed by atoms with E-state index in [-0.39, 0.29) is 64.2 Å². The third-order valence-corrected chi connectivity index (χ3v) is 11.3. The fourth-order valence-corrected chi connectivity index (χ4v) is 8.82. The normalized spacial score (nSPS) is 26.2. The van der Waals surface area contributed by atoms with E-state index in [1.807, 2.05) is 20.8 Å². The number of methoxy groups -OCH3 is 1. The molecule has 0 aromatic heterocycles. The highest BCUT2D eigenvalue weighted by Crippen LogP contribution is 2.54. The molecule has 3 N–H and O–H groups in total. The van der Waals surface area contributed by atoms with Crippen molar-refractivity contribution in [2.45, 2.75) is 61.8 Å². The number of carbonyl (C=O) groups is 2. The van der Waals surface area contributed by atoms with E-state index < -0.39 is 56.1 Å². The van der Waals surface area contributed by atoms with Gasteiger partial charge in [0, 0.05) is 29.9 Å². The molecule has 2 saturated carbocycles. The van der Waals surface area contributed by atoms with Crippen LogP contribution in [-0.4, -0.2) is 55.9 Å². The molecule has 6 atom stereocenters. The van der Waals surface area contributed by atoms with Gasteiger partial charge in [-0.1, -0.05) is 32.4 Å². The van der Waals surface area contributed by atoms with Crippen LogP contribution in [0.4, 0.5) is 18.9 Å². The number of anilines is 1. The van der Waals surface area contributed by atoms with Crippen LogP contribution in [0.25, 0.3) is 0 Å². The van der Waals surface area contributed by atoms with Crippen LogP contribution >= 0.6 is 11.6 Å². The Morgan fingerprint density at radius 2 is 1.76 bits per heavy atom. The first kappa shape index (κ1) is 32.2. The summed E-state index contributed by atoms with van der Waals surface area (Å²) < 4.78 is 73.1. The van der Waals surface area contributed by atoms with Crippen LogP contribution in [0.2, 0.25) is 5.02 Å². The quantitative estimate of drug-likeness (QED) is 0.270. The number of aliphatic hydroxyl groups is 1. The maximum atomic E-state index is 13.9. The summed E-state index contributed by atoms with van der Waals surface area (Å²) in [5.74, 6) is -6.84. The average molecular weight is 631 g/mol. The van der Waals surface area contributed by atoms with Gasteiger partial charge in [-0.05, 0) is 61.1 Å². The molecule has 0 aliphatic heterocycles. The molecule has 1 unspecified atom stereocenters. The predicted octanol–water partition coefficient (Wildman–Crippen LogP) is 4.74. The van der Waals surface area contributed by atoms with Gasteiger partial charge >= 0.3 is 5.97 Å². The summed E-state index contributed by atoms with van der Waals surface area (Å²) in [7, 11) is -2.80. The number of fused-ring (bicyclic) bond motifs is 2. The highest BCUT2D eigenvalue weighted by molar-refractivity contribution is 7.92. The van der Waals surface area contributed by atoms with Crippen molar-refractivity contribution < 1.29 is 41.0 Å². The summed E-state index contributed by atoms with van der Waals surface area (Å²) in [6.07, 6.45) is 0.886. The summed E-state index contributed by atoms with van der Waals surface area (Å²) >= 11 is 6.30. The van der Waals surface area contributed by atoms with Crippen LogP contribution < -0.4 is 10.6 Å². The van der Waals surface area contributed by atoms with Crippen molar-refractivity contribution in [1.29, 1.82) is 0 Å². The van der Waals surface area contributed by atoms with Gasteiger partial charge in [0.15, 0.2) is 27.3 Å². The van der Waals surface area contributed by atoms with Crippen LogP contribution in [0, 0.1) is 41.1 Å². The SMILES string of the molecule is COC(=O)[C@@H](NC[C@@]1(O)C2C[C@@H](S(=O)(=O)c3cc(C(=O)Nc4cc(F)c(F)c(F)c4)ccc3Cl)C[C@@H]1[C@@H](C)C2)C(C)C. The molecular weight excluding hydrogens is 597 g/mol. The Morgan fingerprint density at radius 1 is 1.12 bits per heavy atom. The minimum Gasteiger partial charge on any atom is -0.468 e. The first-order chi connectivity index (χ1) is 19.6. The first-order valence-electron chi connectivity index (χ1n) is 13.6. The molecule has 0 saturated heterocycles. The van der Waals surface area contributed by atoms with Crippen LogP contribution in [0.5, 0.6) is 0 Å². The Kier molecular flexibility index (Phi) is 9.32. The van der Waals surface area contributed by atoms with Gasteiger partial charge in [0.1, 0.15) is 6.04 Å². The van der Waals surface area contributed by atoms with Gasteiger partial charge in [-0.15, -0.1) is 0 Å². The third kappa shape index (κ3) is 6.04. The molecule has 2 bridgehead atoms.